The number of aromatic nitrogens is 2. The van der Waals surface area contributed by atoms with Gasteiger partial charge in [-0.15, -0.1) is 0 Å². The highest BCUT2D eigenvalue weighted by atomic mass is 32.2. The third kappa shape index (κ3) is 1.60. The number of isocyanates is 1. The van der Waals surface area contributed by atoms with Gasteiger partial charge >= 0.3 is 0 Å². The van der Waals surface area contributed by atoms with E-state index in [0.29, 0.717) is 0 Å². The van der Waals surface area contributed by atoms with Crippen molar-refractivity contribution in [2.24, 2.45) is 4.99 Å². The molecule has 8 heteroatoms. The summed E-state index contributed by atoms with van der Waals surface area (Å²) in [6, 6.07) is 2.63. The number of rotatable bonds is 2. The Balaban J connectivity index is 2.89. The molecular weight excluding hydrogens is 234 g/mol. The zero-order valence-electron chi connectivity index (χ0n) is 8.04. The van der Waals surface area contributed by atoms with Gasteiger partial charge in [0.15, 0.2) is 20.9 Å². The van der Waals surface area contributed by atoms with Gasteiger partial charge in [0.1, 0.15) is 5.69 Å². The maximum atomic E-state index is 11.4. The van der Waals surface area contributed by atoms with Gasteiger partial charge in [-0.2, -0.15) is 4.99 Å². The number of nitrogens with zero attached hydrogens (tertiary/aromatic N) is 3. The number of hydrogen-bond donors (Lipinski definition) is 0. The van der Waals surface area contributed by atoms with Crippen molar-refractivity contribution in [1.29, 1.82) is 0 Å². The Labute approximate surface area is 89.7 Å². The summed E-state index contributed by atoms with van der Waals surface area (Å²) in [7, 11) is -3.43. The van der Waals surface area contributed by atoms with Crippen LogP contribution in [-0.2, 0) is 14.6 Å². The second-order valence-corrected chi connectivity index (χ2v) is 5.00. The highest BCUT2D eigenvalue weighted by molar-refractivity contribution is 7.91. The minimum atomic E-state index is -3.43. The third-order valence-corrected chi connectivity index (χ3v) is 3.05. The largest absolute Gasteiger partial charge is 0.243 e. The van der Waals surface area contributed by atoms with Crippen molar-refractivity contribution in [3.63, 3.8) is 0 Å². The lowest BCUT2D eigenvalue weighted by atomic mass is 10.3. The van der Waals surface area contributed by atoms with Gasteiger partial charge in [-0.1, -0.05) is 0 Å². The van der Waals surface area contributed by atoms with Crippen molar-refractivity contribution < 1.29 is 17.8 Å². The van der Waals surface area contributed by atoms with Crippen molar-refractivity contribution in [3.05, 3.63) is 12.1 Å². The van der Waals surface area contributed by atoms with Gasteiger partial charge < -0.3 is 0 Å². The molecule has 0 amide bonds. The molecule has 0 bridgehead atoms. The first-order valence-electron chi connectivity index (χ1n) is 4.07. The molecule has 0 fully saturated rings. The molecule has 1 aromatic carbocycles. The molecule has 2 rings (SSSR count). The van der Waals surface area contributed by atoms with Crippen LogP contribution in [0.2, 0.25) is 0 Å². The molecule has 0 aliphatic heterocycles. The normalized spacial score (nSPS) is 11.3. The number of sulfone groups is 1. The summed E-state index contributed by atoms with van der Waals surface area (Å²) in [6.07, 6.45) is 2.38. The lowest BCUT2D eigenvalue weighted by Crippen LogP contribution is -1.97. The predicted molar refractivity (Wildman–Crippen MR) is 52.7 cm³/mol. The molecule has 0 N–H and O–H groups in total. The van der Waals surface area contributed by atoms with Crippen molar-refractivity contribution in [1.82, 2.24) is 10.3 Å². The number of carbonyl (C=O) groups excluding carboxylic acids is 1. The molecule has 7 nitrogen and oxygen atoms in total. The molecule has 82 valence electrons. The van der Waals surface area contributed by atoms with Crippen LogP contribution in [0.25, 0.3) is 11.0 Å². The maximum Gasteiger partial charge on any atom is 0.240 e. The second-order valence-electron chi connectivity index (χ2n) is 3.02. The fourth-order valence-corrected chi connectivity index (χ4v) is 2.07. The highest BCUT2D eigenvalue weighted by Crippen LogP contribution is 2.28. The van der Waals surface area contributed by atoms with E-state index in [4.69, 9.17) is 0 Å². The van der Waals surface area contributed by atoms with Crippen LogP contribution in [0.5, 0.6) is 0 Å². The van der Waals surface area contributed by atoms with E-state index < -0.39 is 9.84 Å². The van der Waals surface area contributed by atoms with E-state index in [9.17, 15) is 13.2 Å². The van der Waals surface area contributed by atoms with Crippen LogP contribution in [0.1, 0.15) is 0 Å². The molecule has 1 aromatic heterocycles. The first-order chi connectivity index (χ1) is 7.54. The van der Waals surface area contributed by atoms with E-state index in [2.05, 4.69) is 19.9 Å². The van der Waals surface area contributed by atoms with Crippen LogP contribution in [0.4, 0.5) is 5.69 Å². The quantitative estimate of drug-likeness (QED) is 0.561. The number of benzene rings is 1. The lowest BCUT2D eigenvalue weighted by Gasteiger charge is -1.98. The van der Waals surface area contributed by atoms with Crippen LogP contribution in [0, 0.1) is 0 Å². The molecule has 2 aromatic rings. The zero-order valence-corrected chi connectivity index (χ0v) is 8.85. The van der Waals surface area contributed by atoms with Gasteiger partial charge in [0.05, 0.1) is 4.90 Å². The van der Waals surface area contributed by atoms with E-state index in [-0.39, 0.29) is 21.6 Å². The molecule has 16 heavy (non-hydrogen) atoms. The Morgan fingerprint density at radius 1 is 1.31 bits per heavy atom. The molecule has 0 atom stereocenters. The van der Waals surface area contributed by atoms with Crippen molar-refractivity contribution in [2.45, 2.75) is 4.90 Å². The van der Waals surface area contributed by atoms with E-state index in [1.807, 2.05) is 0 Å². The van der Waals surface area contributed by atoms with Crippen LogP contribution in [0.15, 0.2) is 26.6 Å². The average molecular weight is 239 g/mol. The standard InChI is InChI=1S/C8H5N3O4S/c1-16(13,14)6-3-2-5(9-4-12)7-8(6)11-15-10-7/h2-3H,1H3. The van der Waals surface area contributed by atoms with Gasteiger partial charge in [-0.3, -0.25) is 0 Å². The van der Waals surface area contributed by atoms with E-state index in [1.54, 1.807) is 0 Å². The van der Waals surface area contributed by atoms with Crippen molar-refractivity contribution in [3.8, 4) is 0 Å². The molecule has 0 aliphatic carbocycles. The Morgan fingerprint density at radius 2 is 2.00 bits per heavy atom. The molecule has 0 saturated carbocycles. The molecular formula is C8H5N3O4S. The van der Waals surface area contributed by atoms with Crippen LogP contribution in [-0.4, -0.2) is 31.1 Å². The monoisotopic (exact) mass is 239 g/mol. The van der Waals surface area contributed by atoms with Crippen LogP contribution in [0.3, 0.4) is 0 Å². The predicted octanol–water partition coefficient (Wildman–Crippen LogP) is 0.594. The Kier molecular flexibility index (Phi) is 2.30. The summed E-state index contributed by atoms with van der Waals surface area (Å²) in [6.45, 7) is 0. The lowest BCUT2D eigenvalue weighted by molar-refractivity contribution is 0.315. The second kappa shape index (κ2) is 3.51. The summed E-state index contributed by atoms with van der Waals surface area (Å²) in [5, 5.41) is 6.96. The van der Waals surface area contributed by atoms with Crippen molar-refractivity contribution in [2.75, 3.05) is 6.26 Å². The minimum Gasteiger partial charge on any atom is -0.243 e. The van der Waals surface area contributed by atoms with Crippen LogP contribution >= 0.6 is 0 Å². The molecule has 0 saturated heterocycles. The number of hydrogen-bond acceptors (Lipinski definition) is 7. The maximum absolute atomic E-state index is 11.4. The minimum absolute atomic E-state index is 0.0198. The van der Waals surface area contributed by atoms with Gasteiger partial charge in [-0.25, -0.2) is 17.8 Å². The van der Waals surface area contributed by atoms with E-state index >= 15 is 0 Å². The number of fused-ring (bicyclic) bond motifs is 1. The average Bonchev–Trinajstić information content (AvgIpc) is 2.65. The Morgan fingerprint density at radius 3 is 2.62 bits per heavy atom. The Hall–Kier alpha value is -2.05. The topological polar surface area (TPSA) is 102 Å². The molecule has 0 aliphatic rings. The molecule has 0 spiro atoms. The summed E-state index contributed by atoms with van der Waals surface area (Å²) in [5.74, 6) is 0. The highest BCUT2D eigenvalue weighted by Gasteiger charge is 2.18. The summed E-state index contributed by atoms with van der Waals surface area (Å²) < 4.78 is 27.2. The fourth-order valence-electron chi connectivity index (χ4n) is 1.27. The van der Waals surface area contributed by atoms with Gasteiger partial charge in [0.2, 0.25) is 6.08 Å². The smallest absolute Gasteiger partial charge is 0.240 e. The SMILES string of the molecule is CS(=O)(=O)c1ccc(N=C=O)c2nonc12. The first-order valence-corrected chi connectivity index (χ1v) is 5.96. The summed E-state index contributed by atoms with van der Waals surface area (Å²) in [5.41, 5.74) is 0.337. The molecule has 1 heterocycles. The van der Waals surface area contributed by atoms with E-state index in [0.717, 1.165) is 6.26 Å². The Bertz CT molecular complexity index is 697. The summed E-state index contributed by atoms with van der Waals surface area (Å²) >= 11 is 0. The zero-order chi connectivity index (χ0) is 11.8. The molecule has 0 radical (unpaired) electrons. The van der Waals surface area contributed by atoms with Gasteiger partial charge in [-0.05, 0) is 22.4 Å². The molecule has 0 unspecified atom stereocenters. The third-order valence-electron chi connectivity index (χ3n) is 1.92. The van der Waals surface area contributed by atoms with Crippen molar-refractivity contribution >= 4 is 32.6 Å². The first kappa shape index (κ1) is 10.5. The van der Waals surface area contributed by atoms with Crippen LogP contribution < -0.4 is 0 Å². The fraction of sp³-hybridized carbons (Fsp3) is 0.125. The van der Waals surface area contributed by atoms with Gasteiger partial charge in [0, 0.05) is 6.26 Å². The van der Waals surface area contributed by atoms with Gasteiger partial charge in [0.25, 0.3) is 0 Å². The number of aliphatic imine (C=N–C) groups is 1. The summed E-state index contributed by atoms with van der Waals surface area (Å²) in [4.78, 5) is 13.5. The van der Waals surface area contributed by atoms with E-state index in [1.165, 1.54) is 18.2 Å².